The topological polar surface area (TPSA) is 113 Å². The first kappa shape index (κ1) is 17.5. The number of nitrogens with one attached hydrogen (secondary N) is 2. The second-order valence-corrected chi connectivity index (χ2v) is 7.67. The zero-order valence-corrected chi connectivity index (χ0v) is 14.6. The van der Waals surface area contributed by atoms with Gasteiger partial charge in [0.05, 0.1) is 0 Å². The number of anilines is 1. The lowest BCUT2D eigenvalue weighted by atomic mass is 10.2. The molecule has 25 heavy (non-hydrogen) atoms. The van der Waals surface area contributed by atoms with Gasteiger partial charge in [0.15, 0.2) is 0 Å². The summed E-state index contributed by atoms with van der Waals surface area (Å²) in [5.41, 5.74) is 1.58. The van der Waals surface area contributed by atoms with E-state index in [1.807, 2.05) is 19.1 Å². The number of nitrogens with zero attached hydrogens (tertiary/aromatic N) is 1. The lowest BCUT2D eigenvalue weighted by Crippen LogP contribution is -2.42. The lowest BCUT2D eigenvalue weighted by molar-refractivity contribution is -0.131. The first-order valence-electron chi connectivity index (χ1n) is 7.25. The van der Waals surface area contributed by atoms with Gasteiger partial charge in [-0.05, 0) is 42.6 Å². The molecular formula is C15H13N3O5S2. The van der Waals surface area contributed by atoms with Crippen LogP contribution in [0.3, 0.4) is 0 Å². The van der Waals surface area contributed by atoms with E-state index in [1.54, 1.807) is 12.1 Å². The van der Waals surface area contributed by atoms with Crippen LogP contribution >= 0.6 is 23.5 Å². The van der Waals surface area contributed by atoms with Gasteiger partial charge in [0.1, 0.15) is 17.0 Å². The largest absolute Gasteiger partial charge is 0.325 e. The van der Waals surface area contributed by atoms with Crippen LogP contribution < -0.4 is 10.6 Å². The zero-order chi connectivity index (χ0) is 18.1. The molecule has 0 bridgehead atoms. The van der Waals surface area contributed by atoms with E-state index in [0.717, 1.165) is 10.5 Å². The van der Waals surface area contributed by atoms with E-state index in [0.29, 0.717) is 29.2 Å². The molecule has 2 aliphatic rings. The Balaban J connectivity index is 1.64. The highest BCUT2D eigenvalue weighted by Crippen LogP contribution is 2.36. The van der Waals surface area contributed by atoms with Gasteiger partial charge in [0.25, 0.3) is 10.5 Å². The molecule has 0 aromatic heterocycles. The number of hydrogen-bond acceptors (Lipinski definition) is 7. The summed E-state index contributed by atoms with van der Waals surface area (Å²) in [7, 11) is 0. The molecule has 0 unspecified atom stereocenters. The van der Waals surface area contributed by atoms with Gasteiger partial charge in [-0.1, -0.05) is 17.7 Å². The van der Waals surface area contributed by atoms with E-state index < -0.39 is 45.2 Å². The zero-order valence-electron chi connectivity index (χ0n) is 13.0. The van der Waals surface area contributed by atoms with Crippen molar-refractivity contribution in [3.63, 3.8) is 0 Å². The van der Waals surface area contributed by atoms with Crippen molar-refractivity contribution in [2.24, 2.45) is 0 Å². The number of hydrogen-bond donors (Lipinski definition) is 2. The van der Waals surface area contributed by atoms with Crippen LogP contribution in [0.2, 0.25) is 0 Å². The molecule has 2 aliphatic heterocycles. The van der Waals surface area contributed by atoms with Gasteiger partial charge >= 0.3 is 0 Å². The maximum Gasteiger partial charge on any atom is 0.289 e. The number of rotatable bonds is 4. The van der Waals surface area contributed by atoms with Gasteiger partial charge in [0, 0.05) is 5.69 Å². The molecule has 2 heterocycles. The Labute approximate surface area is 151 Å². The molecular weight excluding hydrogens is 366 g/mol. The van der Waals surface area contributed by atoms with E-state index in [2.05, 4.69) is 10.6 Å². The molecule has 8 nitrogen and oxygen atoms in total. The minimum atomic E-state index is -1.00. The first-order valence-corrected chi connectivity index (χ1v) is 9.01. The third kappa shape index (κ3) is 3.69. The van der Waals surface area contributed by atoms with Crippen molar-refractivity contribution in [2.75, 3.05) is 11.9 Å². The molecule has 2 fully saturated rings. The number of benzene rings is 1. The molecule has 130 valence electrons. The van der Waals surface area contributed by atoms with Gasteiger partial charge < -0.3 is 5.32 Å². The van der Waals surface area contributed by atoms with Gasteiger partial charge in [-0.25, -0.2) is 0 Å². The Hall–Kier alpha value is -2.33. The Kier molecular flexibility index (Phi) is 4.82. The maximum atomic E-state index is 12.4. The van der Waals surface area contributed by atoms with Gasteiger partial charge in [-0.2, -0.15) is 0 Å². The maximum absolute atomic E-state index is 12.4. The third-order valence-electron chi connectivity index (χ3n) is 3.59. The second kappa shape index (κ2) is 6.89. The summed E-state index contributed by atoms with van der Waals surface area (Å²) in [6.07, 6.45) is 0. The minimum Gasteiger partial charge on any atom is -0.325 e. The third-order valence-corrected chi connectivity index (χ3v) is 5.97. The van der Waals surface area contributed by atoms with E-state index in [9.17, 15) is 24.0 Å². The van der Waals surface area contributed by atoms with Crippen molar-refractivity contribution in [2.45, 2.75) is 17.4 Å². The second-order valence-electron chi connectivity index (χ2n) is 5.46. The summed E-state index contributed by atoms with van der Waals surface area (Å²) >= 11 is 1.34. The first-order chi connectivity index (χ1) is 11.8. The summed E-state index contributed by atoms with van der Waals surface area (Å²) < 4.78 is 0. The number of carbonyl (C=O) groups excluding carboxylic acids is 5. The Morgan fingerprint density at radius 2 is 1.80 bits per heavy atom. The molecule has 1 aromatic carbocycles. The van der Waals surface area contributed by atoms with Crippen LogP contribution in [0.4, 0.5) is 15.3 Å². The highest BCUT2D eigenvalue weighted by molar-refractivity contribution is 8.19. The smallest absolute Gasteiger partial charge is 0.289 e. The summed E-state index contributed by atoms with van der Waals surface area (Å²) in [5, 5.41) is 1.57. The van der Waals surface area contributed by atoms with Crippen molar-refractivity contribution < 1.29 is 24.0 Å². The van der Waals surface area contributed by atoms with Crippen LogP contribution in [0, 0.1) is 6.92 Å². The molecule has 5 amide bonds. The molecule has 2 N–H and O–H groups in total. The Morgan fingerprint density at radius 1 is 1.12 bits per heavy atom. The van der Waals surface area contributed by atoms with Crippen LogP contribution in [0.5, 0.6) is 0 Å². The lowest BCUT2D eigenvalue weighted by Gasteiger charge is -2.15. The number of aryl methyl sites for hydroxylation is 1. The van der Waals surface area contributed by atoms with Crippen LogP contribution in [-0.2, 0) is 14.4 Å². The van der Waals surface area contributed by atoms with Crippen LogP contribution in [-0.4, -0.2) is 50.1 Å². The van der Waals surface area contributed by atoms with E-state index in [-0.39, 0.29) is 0 Å². The Morgan fingerprint density at radius 3 is 2.40 bits per heavy atom. The highest BCUT2D eigenvalue weighted by Gasteiger charge is 2.50. The summed E-state index contributed by atoms with van der Waals surface area (Å²) in [6, 6.07) is 7.06. The summed E-state index contributed by atoms with van der Waals surface area (Å²) in [6.45, 7) is 1.47. The fourth-order valence-electron chi connectivity index (χ4n) is 2.35. The monoisotopic (exact) mass is 379 g/mol. The van der Waals surface area contributed by atoms with Crippen molar-refractivity contribution in [3.8, 4) is 0 Å². The fraction of sp³-hybridized carbons (Fsp3) is 0.267. The van der Waals surface area contributed by atoms with Crippen molar-refractivity contribution >= 4 is 57.4 Å². The van der Waals surface area contributed by atoms with E-state index >= 15 is 0 Å². The van der Waals surface area contributed by atoms with Crippen LogP contribution in [0.1, 0.15) is 5.56 Å². The number of thioether (sulfide) groups is 2. The molecule has 2 saturated heterocycles. The van der Waals surface area contributed by atoms with E-state index in [1.165, 1.54) is 0 Å². The van der Waals surface area contributed by atoms with Crippen LogP contribution in [0.25, 0.3) is 0 Å². The molecule has 0 spiro atoms. The molecule has 0 saturated carbocycles. The van der Waals surface area contributed by atoms with Crippen molar-refractivity contribution in [3.05, 3.63) is 29.8 Å². The number of carbonyl (C=O) groups is 5. The van der Waals surface area contributed by atoms with Gasteiger partial charge in [0.2, 0.25) is 17.7 Å². The summed E-state index contributed by atoms with van der Waals surface area (Å²) in [4.78, 5) is 60.2. The van der Waals surface area contributed by atoms with Crippen molar-refractivity contribution in [1.82, 2.24) is 10.2 Å². The standard InChI is InChI=1S/C15H13N3O5S2/c1-7-2-4-8(5-3-7)16-9(19)6-18-13(21)11(25-15(18)23)10-12(20)17-14(22)24-10/h2-5,10-11H,6H2,1H3,(H,16,19)(H,17,20,22)/t10-,11-/m1/s1. The molecule has 3 rings (SSSR count). The quantitative estimate of drug-likeness (QED) is 0.812. The molecule has 2 atom stereocenters. The molecule has 0 radical (unpaired) electrons. The predicted octanol–water partition coefficient (Wildman–Crippen LogP) is 1.35. The van der Waals surface area contributed by atoms with Crippen molar-refractivity contribution in [1.29, 1.82) is 0 Å². The van der Waals surface area contributed by atoms with E-state index in [4.69, 9.17) is 0 Å². The SMILES string of the molecule is Cc1ccc(NC(=O)CN2C(=O)S[C@H]([C@H]3SC(=O)NC3=O)C2=O)cc1. The van der Waals surface area contributed by atoms with Gasteiger partial charge in [-0.3, -0.25) is 34.2 Å². The predicted molar refractivity (Wildman–Crippen MR) is 93.2 cm³/mol. The average Bonchev–Trinajstić information content (AvgIpc) is 3.02. The number of imide groups is 2. The van der Waals surface area contributed by atoms with Crippen LogP contribution in [0.15, 0.2) is 24.3 Å². The Bertz CT molecular complexity index is 780. The molecule has 10 heteroatoms. The minimum absolute atomic E-state index is 0.442. The molecule has 1 aromatic rings. The normalized spacial score (nSPS) is 23.2. The van der Waals surface area contributed by atoms with Gasteiger partial charge in [-0.15, -0.1) is 0 Å². The number of amides is 5. The molecule has 0 aliphatic carbocycles. The average molecular weight is 379 g/mol. The fourth-order valence-corrected chi connectivity index (χ4v) is 4.45. The highest BCUT2D eigenvalue weighted by atomic mass is 32.2. The summed E-state index contributed by atoms with van der Waals surface area (Å²) in [5.74, 6) is -1.76.